The van der Waals surface area contributed by atoms with Crippen molar-refractivity contribution >= 4 is 0 Å². The van der Waals surface area contributed by atoms with Gasteiger partial charge in [-0.1, -0.05) is 18.6 Å². The van der Waals surface area contributed by atoms with E-state index in [4.69, 9.17) is 5.73 Å². The quantitative estimate of drug-likeness (QED) is 0.751. The van der Waals surface area contributed by atoms with Gasteiger partial charge in [-0.05, 0) is 61.8 Å². The first-order valence-electron chi connectivity index (χ1n) is 6.28. The highest BCUT2D eigenvalue weighted by molar-refractivity contribution is 5.28. The Morgan fingerprint density at radius 2 is 1.81 bits per heavy atom. The van der Waals surface area contributed by atoms with E-state index < -0.39 is 0 Å². The van der Waals surface area contributed by atoms with E-state index >= 15 is 0 Å². The number of rotatable bonds is 2. The number of hydrogen-bond acceptors (Lipinski definition) is 2. The van der Waals surface area contributed by atoms with Crippen LogP contribution in [0.4, 0.5) is 0 Å². The first-order valence-corrected chi connectivity index (χ1v) is 6.28. The molecule has 0 aromatic heterocycles. The van der Waals surface area contributed by atoms with Gasteiger partial charge in [0.25, 0.3) is 0 Å². The van der Waals surface area contributed by atoms with E-state index in [1.54, 1.807) is 12.1 Å². The SMILES string of the molecule is NC[C@@H]1CCC[C@@H](c2ccc(O)cc2)CC1. The molecular weight excluding hydrogens is 198 g/mol. The zero-order valence-corrected chi connectivity index (χ0v) is 9.73. The van der Waals surface area contributed by atoms with Crippen LogP contribution < -0.4 is 5.73 Å². The summed E-state index contributed by atoms with van der Waals surface area (Å²) in [5, 5.41) is 9.27. The van der Waals surface area contributed by atoms with Crippen LogP contribution in [0, 0.1) is 5.92 Å². The fourth-order valence-corrected chi connectivity index (χ4v) is 2.69. The van der Waals surface area contributed by atoms with Crippen LogP contribution in [-0.4, -0.2) is 11.7 Å². The molecule has 0 amide bonds. The van der Waals surface area contributed by atoms with Crippen molar-refractivity contribution in [3.05, 3.63) is 29.8 Å². The minimum Gasteiger partial charge on any atom is -0.508 e. The van der Waals surface area contributed by atoms with Crippen molar-refractivity contribution in [1.82, 2.24) is 0 Å². The van der Waals surface area contributed by atoms with E-state index in [9.17, 15) is 5.11 Å². The molecule has 0 saturated heterocycles. The lowest BCUT2D eigenvalue weighted by Crippen LogP contribution is -2.13. The molecular formula is C14H21NO. The lowest BCUT2D eigenvalue weighted by Gasteiger charge is -2.15. The molecule has 1 fully saturated rings. The third-order valence-electron chi connectivity index (χ3n) is 3.79. The molecule has 2 atom stereocenters. The number of phenols is 1. The molecule has 0 unspecified atom stereocenters. The maximum atomic E-state index is 9.27. The van der Waals surface area contributed by atoms with Crippen LogP contribution in [0.2, 0.25) is 0 Å². The van der Waals surface area contributed by atoms with Crippen LogP contribution in [0.15, 0.2) is 24.3 Å². The van der Waals surface area contributed by atoms with Gasteiger partial charge in [-0.15, -0.1) is 0 Å². The average molecular weight is 219 g/mol. The number of benzene rings is 1. The molecule has 1 aliphatic carbocycles. The summed E-state index contributed by atoms with van der Waals surface area (Å²) in [6, 6.07) is 7.70. The van der Waals surface area contributed by atoms with Crippen molar-refractivity contribution in [2.24, 2.45) is 11.7 Å². The predicted molar refractivity (Wildman–Crippen MR) is 66.5 cm³/mol. The first-order chi connectivity index (χ1) is 7.79. The summed E-state index contributed by atoms with van der Waals surface area (Å²) < 4.78 is 0. The van der Waals surface area contributed by atoms with E-state index in [0.29, 0.717) is 11.7 Å². The lowest BCUT2D eigenvalue weighted by atomic mass is 9.91. The van der Waals surface area contributed by atoms with Crippen molar-refractivity contribution < 1.29 is 5.11 Å². The summed E-state index contributed by atoms with van der Waals surface area (Å²) in [5.74, 6) is 1.75. The lowest BCUT2D eigenvalue weighted by molar-refractivity contribution is 0.466. The summed E-state index contributed by atoms with van der Waals surface area (Å²) in [6.45, 7) is 0.836. The molecule has 0 radical (unpaired) electrons. The van der Waals surface area contributed by atoms with E-state index in [1.807, 2.05) is 0 Å². The molecule has 1 aliphatic rings. The van der Waals surface area contributed by atoms with E-state index in [2.05, 4.69) is 12.1 Å². The third-order valence-corrected chi connectivity index (χ3v) is 3.79. The number of nitrogens with two attached hydrogens (primary N) is 1. The van der Waals surface area contributed by atoms with Crippen molar-refractivity contribution in [3.8, 4) is 5.75 Å². The fraction of sp³-hybridized carbons (Fsp3) is 0.571. The molecule has 0 spiro atoms. The topological polar surface area (TPSA) is 46.2 Å². The Balaban J connectivity index is 2.02. The van der Waals surface area contributed by atoms with Gasteiger partial charge in [-0.3, -0.25) is 0 Å². The highest BCUT2D eigenvalue weighted by atomic mass is 16.3. The zero-order valence-electron chi connectivity index (χ0n) is 9.73. The van der Waals surface area contributed by atoms with Gasteiger partial charge in [-0.25, -0.2) is 0 Å². The van der Waals surface area contributed by atoms with Crippen molar-refractivity contribution in [2.75, 3.05) is 6.54 Å². The maximum Gasteiger partial charge on any atom is 0.115 e. The molecule has 3 N–H and O–H groups in total. The summed E-state index contributed by atoms with van der Waals surface area (Å²) in [5.41, 5.74) is 7.11. The second-order valence-electron chi connectivity index (χ2n) is 4.90. The van der Waals surface area contributed by atoms with Gasteiger partial charge in [-0.2, -0.15) is 0 Å². The predicted octanol–water partition coefficient (Wildman–Crippen LogP) is 3.01. The highest BCUT2D eigenvalue weighted by Gasteiger charge is 2.19. The van der Waals surface area contributed by atoms with Crippen LogP contribution in [-0.2, 0) is 0 Å². The second kappa shape index (κ2) is 5.35. The number of hydrogen-bond donors (Lipinski definition) is 2. The average Bonchev–Trinajstić information content (AvgIpc) is 2.55. The summed E-state index contributed by atoms with van der Waals surface area (Å²) in [4.78, 5) is 0. The van der Waals surface area contributed by atoms with Crippen LogP contribution >= 0.6 is 0 Å². The van der Waals surface area contributed by atoms with Gasteiger partial charge in [0.1, 0.15) is 5.75 Å². The molecule has 0 heterocycles. The van der Waals surface area contributed by atoms with Crippen LogP contribution in [0.25, 0.3) is 0 Å². The Morgan fingerprint density at radius 3 is 2.50 bits per heavy atom. The molecule has 88 valence electrons. The van der Waals surface area contributed by atoms with E-state index in [1.165, 1.54) is 37.7 Å². The largest absolute Gasteiger partial charge is 0.508 e. The molecule has 2 rings (SSSR count). The fourth-order valence-electron chi connectivity index (χ4n) is 2.69. The Bertz CT molecular complexity index is 320. The molecule has 16 heavy (non-hydrogen) atoms. The van der Waals surface area contributed by atoms with E-state index in [0.717, 1.165) is 12.5 Å². The van der Waals surface area contributed by atoms with Crippen LogP contribution in [0.1, 0.15) is 43.6 Å². The molecule has 1 aromatic carbocycles. The van der Waals surface area contributed by atoms with E-state index in [-0.39, 0.29) is 0 Å². The Morgan fingerprint density at radius 1 is 1.06 bits per heavy atom. The number of aromatic hydroxyl groups is 1. The monoisotopic (exact) mass is 219 g/mol. The van der Waals surface area contributed by atoms with Gasteiger partial charge in [0.2, 0.25) is 0 Å². The van der Waals surface area contributed by atoms with Crippen molar-refractivity contribution in [1.29, 1.82) is 0 Å². The standard InChI is InChI=1S/C14H21NO/c15-10-11-2-1-3-12(5-4-11)13-6-8-14(16)9-7-13/h6-9,11-12,16H,1-5,10,15H2/t11-,12-/m1/s1. The van der Waals surface area contributed by atoms with Crippen LogP contribution in [0.3, 0.4) is 0 Å². The molecule has 1 saturated carbocycles. The second-order valence-corrected chi connectivity index (χ2v) is 4.90. The molecule has 2 nitrogen and oxygen atoms in total. The summed E-state index contributed by atoms with van der Waals surface area (Å²) in [7, 11) is 0. The van der Waals surface area contributed by atoms with Gasteiger partial charge < -0.3 is 10.8 Å². The smallest absolute Gasteiger partial charge is 0.115 e. The molecule has 2 heteroatoms. The first kappa shape index (κ1) is 11.5. The van der Waals surface area contributed by atoms with Gasteiger partial charge in [0.05, 0.1) is 0 Å². The van der Waals surface area contributed by atoms with Gasteiger partial charge in [0.15, 0.2) is 0 Å². The third kappa shape index (κ3) is 2.76. The highest BCUT2D eigenvalue weighted by Crippen LogP contribution is 2.34. The molecule has 1 aromatic rings. The minimum absolute atomic E-state index is 0.359. The Kier molecular flexibility index (Phi) is 3.83. The van der Waals surface area contributed by atoms with Crippen molar-refractivity contribution in [2.45, 2.75) is 38.0 Å². The maximum absolute atomic E-state index is 9.27. The molecule has 0 aliphatic heterocycles. The summed E-state index contributed by atoms with van der Waals surface area (Å²) >= 11 is 0. The molecule has 0 bridgehead atoms. The Hall–Kier alpha value is -1.02. The number of phenolic OH excluding ortho intramolecular Hbond substituents is 1. The Labute approximate surface area is 97.5 Å². The van der Waals surface area contributed by atoms with Gasteiger partial charge >= 0.3 is 0 Å². The normalized spacial score (nSPS) is 26.3. The summed E-state index contributed by atoms with van der Waals surface area (Å²) in [6.07, 6.45) is 6.33. The minimum atomic E-state index is 0.359. The van der Waals surface area contributed by atoms with Crippen LogP contribution in [0.5, 0.6) is 5.75 Å². The van der Waals surface area contributed by atoms with Crippen molar-refractivity contribution in [3.63, 3.8) is 0 Å². The van der Waals surface area contributed by atoms with Gasteiger partial charge in [0, 0.05) is 0 Å². The zero-order chi connectivity index (χ0) is 11.4.